The fraction of sp³-hybridized carbons (Fsp3) is 0. The lowest BCUT2D eigenvalue weighted by Crippen LogP contribution is -2.03. The molecule has 0 bridgehead atoms. The smallest absolute Gasteiger partial charge is 0.345 e. The fourth-order valence-electron chi connectivity index (χ4n) is 3.27. The van der Waals surface area contributed by atoms with Crippen molar-refractivity contribution in [1.82, 2.24) is 4.98 Å². The minimum Gasteiger partial charge on any atom is -0.422 e. The Kier molecular flexibility index (Phi) is 4.11. The molecule has 2 aromatic heterocycles. The Balaban J connectivity index is 1.59. The molecule has 0 saturated heterocycles. The molecule has 0 aliphatic heterocycles. The van der Waals surface area contributed by atoms with E-state index in [0.29, 0.717) is 16.8 Å². The van der Waals surface area contributed by atoms with Gasteiger partial charge in [-0.05, 0) is 34.5 Å². The highest BCUT2D eigenvalue weighted by atomic mass is 32.1. The summed E-state index contributed by atoms with van der Waals surface area (Å²) >= 11 is 1.50. The predicted octanol–water partition coefficient (Wildman–Crippen LogP) is 6.24. The minimum absolute atomic E-state index is 0.369. The maximum atomic E-state index is 12.5. The summed E-state index contributed by atoms with van der Waals surface area (Å²) in [5.41, 5.74) is 2.45. The Hall–Kier alpha value is -3.50. The lowest BCUT2D eigenvalue weighted by molar-refractivity contribution is 0.563. The summed E-state index contributed by atoms with van der Waals surface area (Å²) in [4.78, 5) is 17.2. The van der Waals surface area contributed by atoms with Gasteiger partial charge in [-0.1, -0.05) is 66.7 Å². The molecule has 0 radical (unpaired) electrons. The van der Waals surface area contributed by atoms with Gasteiger partial charge in [-0.3, -0.25) is 0 Å². The Bertz CT molecular complexity index is 1380. The molecule has 0 amide bonds. The van der Waals surface area contributed by atoms with Gasteiger partial charge in [0, 0.05) is 10.8 Å². The SMILES string of the molecule is O=c1oc2ccc3ccccc3c2cc1-c1csc(C=Cc2ccccc2)n1. The first-order valence-electron chi connectivity index (χ1n) is 8.92. The molecular formula is C24H15NO2S. The van der Waals surface area contributed by atoms with Crippen LogP contribution in [-0.2, 0) is 0 Å². The molecule has 0 saturated carbocycles. The van der Waals surface area contributed by atoms with Gasteiger partial charge in [-0.25, -0.2) is 9.78 Å². The van der Waals surface area contributed by atoms with Crippen LogP contribution in [0.5, 0.6) is 0 Å². The van der Waals surface area contributed by atoms with Gasteiger partial charge < -0.3 is 4.42 Å². The molecule has 2 heterocycles. The van der Waals surface area contributed by atoms with Crippen LogP contribution in [0.15, 0.2) is 87.4 Å². The minimum atomic E-state index is -0.369. The highest BCUT2D eigenvalue weighted by molar-refractivity contribution is 7.10. The molecule has 0 spiro atoms. The number of benzene rings is 3. The van der Waals surface area contributed by atoms with Crippen LogP contribution in [0, 0.1) is 0 Å². The van der Waals surface area contributed by atoms with Crippen molar-refractivity contribution in [2.45, 2.75) is 0 Å². The molecule has 0 atom stereocenters. The number of nitrogens with zero attached hydrogens (tertiary/aromatic N) is 1. The summed E-state index contributed by atoms with van der Waals surface area (Å²) in [7, 11) is 0. The molecule has 3 aromatic carbocycles. The number of hydrogen-bond donors (Lipinski definition) is 0. The molecular weight excluding hydrogens is 366 g/mol. The second kappa shape index (κ2) is 6.91. The Labute approximate surface area is 165 Å². The highest BCUT2D eigenvalue weighted by Crippen LogP contribution is 2.28. The van der Waals surface area contributed by atoms with Crippen molar-refractivity contribution >= 4 is 45.2 Å². The zero-order valence-electron chi connectivity index (χ0n) is 14.8. The number of thiazole rings is 1. The van der Waals surface area contributed by atoms with Crippen molar-refractivity contribution in [3.05, 3.63) is 99.2 Å². The normalized spacial score (nSPS) is 11.6. The molecule has 4 heteroatoms. The van der Waals surface area contributed by atoms with Crippen molar-refractivity contribution < 1.29 is 4.42 Å². The second-order valence-corrected chi connectivity index (χ2v) is 7.35. The summed E-state index contributed by atoms with van der Waals surface area (Å²) in [6, 6.07) is 23.8. The van der Waals surface area contributed by atoms with Crippen molar-refractivity contribution in [2.24, 2.45) is 0 Å². The number of aromatic nitrogens is 1. The van der Waals surface area contributed by atoms with E-state index in [9.17, 15) is 4.79 Å². The van der Waals surface area contributed by atoms with Gasteiger partial charge in [0.25, 0.3) is 0 Å². The van der Waals surface area contributed by atoms with Crippen LogP contribution < -0.4 is 5.63 Å². The zero-order valence-corrected chi connectivity index (χ0v) is 15.6. The lowest BCUT2D eigenvalue weighted by Gasteiger charge is -2.04. The number of hydrogen-bond acceptors (Lipinski definition) is 4. The van der Waals surface area contributed by atoms with E-state index >= 15 is 0 Å². The van der Waals surface area contributed by atoms with Crippen LogP contribution in [0.4, 0.5) is 0 Å². The third kappa shape index (κ3) is 3.04. The van der Waals surface area contributed by atoms with Crippen LogP contribution in [0.1, 0.15) is 10.6 Å². The maximum Gasteiger partial charge on any atom is 0.345 e. The Morgan fingerprint density at radius 3 is 2.57 bits per heavy atom. The highest BCUT2D eigenvalue weighted by Gasteiger charge is 2.12. The van der Waals surface area contributed by atoms with Crippen molar-refractivity contribution in [1.29, 1.82) is 0 Å². The predicted molar refractivity (Wildman–Crippen MR) is 116 cm³/mol. The van der Waals surface area contributed by atoms with Gasteiger partial charge >= 0.3 is 5.63 Å². The molecule has 5 rings (SSSR count). The van der Waals surface area contributed by atoms with Crippen molar-refractivity contribution in [3.8, 4) is 11.3 Å². The van der Waals surface area contributed by atoms with E-state index < -0.39 is 0 Å². The average Bonchev–Trinajstić information content (AvgIpc) is 3.21. The van der Waals surface area contributed by atoms with Crippen LogP contribution >= 0.6 is 11.3 Å². The molecule has 5 aromatic rings. The average molecular weight is 381 g/mol. The maximum absolute atomic E-state index is 12.5. The number of fused-ring (bicyclic) bond motifs is 3. The van der Waals surface area contributed by atoms with Gasteiger partial charge in [-0.15, -0.1) is 11.3 Å². The first kappa shape index (κ1) is 16.7. The van der Waals surface area contributed by atoms with E-state index in [0.717, 1.165) is 26.7 Å². The molecule has 0 N–H and O–H groups in total. The number of rotatable bonds is 3. The van der Waals surface area contributed by atoms with Gasteiger partial charge in [0.15, 0.2) is 0 Å². The van der Waals surface area contributed by atoms with Gasteiger partial charge in [0.1, 0.15) is 10.6 Å². The first-order valence-corrected chi connectivity index (χ1v) is 9.80. The third-order valence-electron chi connectivity index (χ3n) is 4.66. The summed E-state index contributed by atoms with van der Waals surface area (Å²) in [5.74, 6) is 0. The summed E-state index contributed by atoms with van der Waals surface area (Å²) < 4.78 is 5.58. The molecule has 0 aliphatic carbocycles. The quantitative estimate of drug-likeness (QED) is 0.274. The molecule has 3 nitrogen and oxygen atoms in total. The van der Waals surface area contributed by atoms with Crippen molar-refractivity contribution in [3.63, 3.8) is 0 Å². The van der Waals surface area contributed by atoms with Crippen LogP contribution in [0.25, 0.3) is 45.2 Å². The summed E-state index contributed by atoms with van der Waals surface area (Å²) in [5, 5.41) is 5.83. The van der Waals surface area contributed by atoms with E-state index in [1.54, 1.807) is 0 Å². The molecule has 0 unspecified atom stereocenters. The molecule has 134 valence electrons. The van der Waals surface area contributed by atoms with Crippen molar-refractivity contribution in [2.75, 3.05) is 0 Å². The Morgan fingerprint density at radius 1 is 0.857 bits per heavy atom. The van der Waals surface area contributed by atoms with Gasteiger partial charge in [-0.2, -0.15) is 0 Å². The third-order valence-corrected chi connectivity index (χ3v) is 5.47. The summed E-state index contributed by atoms with van der Waals surface area (Å²) in [6.45, 7) is 0. The fourth-order valence-corrected chi connectivity index (χ4v) is 3.98. The Morgan fingerprint density at radius 2 is 1.68 bits per heavy atom. The van der Waals surface area contributed by atoms with E-state index in [1.165, 1.54) is 11.3 Å². The summed E-state index contributed by atoms with van der Waals surface area (Å²) in [6.07, 6.45) is 3.97. The topological polar surface area (TPSA) is 43.1 Å². The zero-order chi connectivity index (χ0) is 18.9. The van der Waals surface area contributed by atoms with Gasteiger partial charge in [0.05, 0.1) is 11.3 Å². The van der Waals surface area contributed by atoms with Crippen LogP contribution in [-0.4, -0.2) is 4.98 Å². The van der Waals surface area contributed by atoms with E-state index in [4.69, 9.17) is 4.42 Å². The standard InChI is InChI=1S/C24H15NO2S/c26-24-20(14-19-18-9-5-4-8-17(18)11-12-22(19)27-24)21-15-28-23(25-21)13-10-16-6-2-1-3-7-16/h1-15H. The lowest BCUT2D eigenvalue weighted by atomic mass is 10.0. The van der Waals surface area contributed by atoms with E-state index in [1.807, 2.05) is 84.3 Å². The molecule has 0 aliphatic rings. The molecule has 0 fully saturated rings. The van der Waals surface area contributed by atoms with Crippen LogP contribution in [0.2, 0.25) is 0 Å². The van der Waals surface area contributed by atoms with E-state index in [-0.39, 0.29) is 5.63 Å². The second-order valence-electron chi connectivity index (χ2n) is 6.46. The first-order chi connectivity index (χ1) is 13.8. The van der Waals surface area contributed by atoms with Crippen LogP contribution in [0.3, 0.4) is 0 Å². The van der Waals surface area contributed by atoms with Gasteiger partial charge in [0.2, 0.25) is 0 Å². The monoisotopic (exact) mass is 381 g/mol. The van der Waals surface area contributed by atoms with E-state index in [2.05, 4.69) is 11.1 Å². The molecule has 28 heavy (non-hydrogen) atoms. The largest absolute Gasteiger partial charge is 0.422 e.